The van der Waals surface area contributed by atoms with Gasteiger partial charge in [0.05, 0.1) is 6.20 Å². The number of nitrogens with zero attached hydrogens (tertiary/aromatic N) is 2. The molecule has 1 saturated heterocycles. The number of halogens is 5. The molecule has 0 bridgehead atoms. The zero-order valence-electron chi connectivity index (χ0n) is 16.2. The Morgan fingerprint density at radius 3 is 2.50 bits per heavy atom. The van der Waals surface area contributed by atoms with Crippen molar-refractivity contribution in [2.45, 2.75) is 25.1 Å². The fourth-order valence-corrected chi connectivity index (χ4v) is 3.13. The van der Waals surface area contributed by atoms with Gasteiger partial charge < -0.3 is 15.1 Å². The second-order valence-electron chi connectivity index (χ2n) is 6.63. The Balaban J connectivity index is 0.00000225. The maximum atomic E-state index is 13.3. The molecule has 0 spiro atoms. The molecule has 1 aliphatic rings. The number of alkyl halides is 3. The van der Waals surface area contributed by atoms with E-state index in [9.17, 15) is 18.0 Å². The summed E-state index contributed by atoms with van der Waals surface area (Å²) < 4.78 is 45.6. The number of carbonyl (C=O) groups excluding carboxylic acids is 1. The van der Waals surface area contributed by atoms with Crippen molar-refractivity contribution in [2.75, 3.05) is 32.7 Å². The maximum absolute atomic E-state index is 13.3. The maximum Gasteiger partial charge on any atom is 0.405 e. The molecule has 1 aromatic carbocycles. The first-order chi connectivity index (χ1) is 13.4. The van der Waals surface area contributed by atoms with Gasteiger partial charge in [0.25, 0.3) is 0 Å². The lowest BCUT2D eigenvalue weighted by molar-refractivity contribution is -0.184. The molecular formula is C19H25Cl2F3N4O2. The Kier molecular flexibility index (Phi) is 10.6. The van der Waals surface area contributed by atoms with E-state index in [2.05, 4.69) is 15.6 Å². The number of benzene rings is 1. The molecule has 2 heterocycles. The van der Waals surface area contributed by atoms with Crippen LogP contribution in [0.15, 0.2) is 40.9 Å². The predicted molar refractivity (Wildman–Crippen MR) is 112 cm³/mol. The highest BCUT2D eigenvalue weighted by Crippen LogP contribution is 2.25. The Morgan fingerprint density at radius 1 is 1.20 bits per heavy atom. The van der Waals surface area contributed by atoms with Crippen molar-refractivity contribution in [3.63, 3.8) is 0 Å². The first kappa shape index (κ1) is 26.2. The Morgan fingerprint density at radius 2 is 1.87 bits per heavy atom. The van der Waals surface area contributed by atoms with E-state index in [4.69, 9.17) is 4.42 Å². The summed E-state index contributed by atoms with van der Waals surface area (Å²) in [6.45, 7) is 1.17. The standard InChI is InChI=1S/C19H23F3N4O2.2ClH/c20-19(21,22)16(26-10-8-23-9-11-26)13-24-17(27)6-7-18-25-12-15(28-18)14-4-2-1-3-5-14;;/h1-5,12,16,23H,6-11,13H2,(H,24,27);2*1H. The minimum Gasteiger partial charge on any atom is -0.441 e. The molecular weight excluding hydrogens is 444 g/mol. The van der Waals surface area contributed by atoms with Crippen LogP contribution in [0.1, 0.15) is 12.3 Å². The second kappa shape index (κ2) is 12.1. The Labute approximate surface area is 185 Å². The predicted octanol–water partition coefficient (Wildman–Crippen LogP) is 3.07. The number of carbonyl (C=O) groups is 1. The van der Waals surface area contributed by atoms with Crippen molar-refractivity contribution in [3.8, 4) is 11.3 Å². The first-order valence-electron chi connectivity index (χ1n) is 9.22. The highest BCUT2D eigenvalue weighted by Gasteiger charge is 2.43. The summed E-state index contributed by atoms with van der Waals surface area (Å²) in [4.78, 5) is 17.5. The number of hydrogen-bond donors (Lipinski definition) is 2. The molecule has 1 unspecified atom stereocenters. The van der Waals surface area contributed by atoms with Gasteiger partial charge in [-0.1, -0.05) is 30.3 Å². The van der Waals surface area contributed by atoms with Crippen molar-refractivity contribution in [1.29, 1.82) is 0 Å². The van der Waals surface area contributed by atoms with Crippen LogP contribution >= 0.6 is 24.8 Å². The van der Waals surface area contributed by atoms with Crippen LogP contribution in [-0.4, -0.2) is 60.7 Å². The van der Waals surface area contributed by atoms with Crippen molar-refractivity contribution >= 4 is 30.7 Å². The molecule has 3 rings (SSSR count). The Hall–Kier alpha value is -1.81. The molecule has 1 aliphatic heterocycles. The summed E-state index contributed by atoms with van der Waals surface area (Å²) in [5, 5.41) is 5.43. The molecule has 1 amide bonds. The largest absolute Gasteiger partial charge is 0.441 e. The quantitative estimate of drug-likeness (QED) is 0.653. The average Bonchev–Trinajstić information content (AvgIpc) is 3.16. The summed E-state index contributed by atoms with van der Waals surface area (Å²) in [5.41, 5.74) is 0.870. The van der Waals surface area contributed by atoms with Crippen molar-refractivity contribution in [1.82, 2.24) is 20.5 Å². The van der Waals surface area contributed by atoms with Crippen LogP contribution in [0.4, 0.5) is 13.2 Å². The molecule has 2 N–H and O–H groups in total. The summed E-state index contributed by atoms with van der Waals surface area (Å²) in [6, 6.07) is 7.72. The second-order valence-corrected chi connectivity index (χ2v) is 6.63. The van der Waals surface area contributed by atoms with Crippen LogP contribution in [0.3, 0.4) is 0 Å². The molecule has 0 saturated carbocycles. The third-order valence-corrected chi connectivity index (χ3v) is 4.64. The highest BCUT2D eigenvalue weighted by atomic mass is 35.5. The van der Waals surface area contributed by atoms with Gasteiger partial charge >= 0.3 is 6.18 Å². The van der Waals surface area contributed by atoms with Gasteiger partial charge in [0.2, 0.25) is 5.91 Å². The van der Waals surface area contributed by atoms with Crippen molar-refractivity contribution < 1.29 is 22.4 Å². The highest BCUT2D eigenvalue weighted by molar-refractivity contribution is 5.85. The molecule has 6 nitrogen and oxygen atoms in total. The molecule has 11 heteroatoms. The van der Waals surface area contributed by atoms with Crippen LogP contribution in [0, 0.1) is 0 Å². The molecule has 1 atom stereocenters. The SMILES string of the molecule is Cl.Cl.O=C(CCc1ncc(-c2ccccc2)o1)NCC(N1CCNCC1)C(F)(F)F. The van der Waals surface area contributed by atoms with E-state index < -0.39 is 24.7 Å². The number of rotatable bonds is 7. The zero-order valence-corrected chi connectivity index (χ0v) is 17.8. The lowest BCUT2D eigenvalue weighted by Gasteiger charge is -2.35. The Bertz CT molecular complexity index is 769. The number of aryl methyl sites for hydroxylation is 1. The molecule has 0 radical (unpaired) electrons. The minimum atomic E-state index is -4.39. The molecule has 2 aromatic rings. The van der Waals surface area contributed by atoms with Gasteiger partial charge in [-0.2, -0.15) is 13.2 Å². The molecule has 30 heavy (non-hydrogen) atoms. The summed E-state index contributed by atoms with van der Waals surface area (Å²) >= 11 is 0. The van der Waals surface area contributed by atoms with Crippen LogP contribution < -0.4 is 10.6 Å². The molecule has 0 aliphatic carbocycles. The monoisotopic (exact) mass is 468 g/mol. The number of hydrogen-bond acceptors (Lipinski definition) is 5. The van der Waals surface area contributed by atoms with E-state index in [0.717, 1.165) is 5.56 Å². The molecule has 1 aromatic heterocycles. The third-order valence-electron chi connectivity index (χ3n) is 4.64. The minimum absolute atomic E-state index is 0. The normalized spacial score (nSPS) is 15.6. The van der Waals surface area contributed by atoms with Gasteiger partial charge in [-0.3, -0.25) is 9.69 Å². The van der Waals surface area contributed by atoms with E-state index in [-0.39, 0.29) is 37.7 Å². The number of nitrogens with one attached hydrogen (secondary N) is 2. The van der Waals surface area contributed by atoms with Gasteiger partial charge in [0, 0.05) is 51.1 Å². The average molecular weight is 469 g/mol. The smallest absolute Gasteiger partial charge is 0.405 e. The van der Waals surface area contributed by atoms with Gasteiger partial charge in [0.15, 0.2) is 11.7 Å². The van der Waals surface area contributed by atoms with Crippen LogP contribution in [0.5, 0.6) is 0 Å². The lowest BCUT2D eigenvalue weighted by Crippen LogP contribution is -2.57. The first-order valence-corrected chi connectivity index (χ1v) is 9.22. The number of amides is 1. The van der Waals surface area contributed by atoms with Gasteiger partial charge in [0.1, 0.15) is 6.04 Å². The van der Waals surface area contributed by atoms with Crippen LogP contribution in [0.2, 0.25) is 0 Å². The van der Waals surface area contributed by atoms with E-state index in [0.29, 0.717) is 37.8 Å². The van der Waals surface area contributed by atoms with E-state index in [1.807, 2.05) is 30.3 Å². The summed E-state index contributed by atoms with van der Waals surface area (Å²) in [6.07, 6.45) is -2.58. The van der Waals surface area contributed by atoms with Gasteiger partial charge in [-0.15, -0.1) is 24.8 Å². The topological polar surface area (TPSA) is 70.4 Å². The van der Waals surface area contributed by atoms with E-state index in [1.54, 1.807) is 6.20 Å². The van der Waals surface area contributed by atoms with Gasteiger partial charge in [-0.25, -0.2) is 4.98 Å². The zero-order chi connectivity index (χ0) is 20.0. The number of aromatic nitrogens is 1. The number of oxazole rings is 1. The van der Waals surface area contributed by atoms with Crippen LogP contribution in [-0.2, 0) is 11.2 Å². The lowest BCUT2D eigenvalue weighted by atomic mass is 10.2. The summed E-state index contributed by atoms with van der Waals surface area (Å²) in [7, 11) is 0. The molecule has 168 valence electrons. The number of piperazine rings is 1. The van der Waals surface area contributed by atoms with Crippen molar-refractivity contribution in [3.05, 3.63) is 42.4 Å². The molecule has 1 fully saturated rings. The van der Waals surface area contributed by atoms with E-state index in [1.165, 1.54) is 4.90 Å². The van der Waals surface area contributed by atoms with Crippen LogP contribution in [0.25, 0.3) is 11.3 Å². The summed E-state index contributed by atoms with van der Waals surface area (Å²) in [5.74, 6) is 0.513. The van der Waals surface area contributed by atoms with E-state index >= 15 is 0 Å². The van der Waals surface area contributed by atoms with Crippen molar-refractivity contribution in [2.24, 2.45) is 0 Å². The van der Waals surface area contributed by atoms with Gasteiger partial charge in [-0.05, 0) is 0 Å². The fraction of sp³-hybridized carbons (Fsp3) is 0.474. The third kappa shape index (κ3) is 7.46. The fourth-order valence-electron chi connectivity index (χ4n) is 3.13.